The summed E-state index contributed by atoms with van der Waals surface area (Å²) >= 11 is 0. The Morgan fingerprint density at radius 1 is 0.404 bits per heavy atom. The first-order chi connectivity index (χ1) is 49.3. The molecule has 6 heteroatoms. The highest BCUT2D eigenvalue weighted by atomic mass is 15.2. The minimum absolute atomic E-state index is 0.694. The molecule has 2 saturated carbocycles. The van der Waals surface area contributed by atoms with Crippen molar-refractivity contribution in [3.05, 3.63) is 147 Å². The third-order valence-electron chi connectivity index (χ3n) is 24.7. The van der Waals surface area contributed by atoms with Gasteiger partial charge in [-0.15, -0.1) is 0 Å². The van der Waals surface area contributed by atoms with Crippen LogP contribution in [0.15, 0.2) is 114 Å². The van der Waals surface area contributed by atoms with Gasteiger partial charge in [0.2, 0.25) is 0 Å². The molecular formula is C98H168N6. The fourth-order valence-electron chi connectivity index (χ4n) is 16.3. The van der Waals surface area contributed by atoms with Gasteiger partial charge in [-0.1, -0.05) is 196 Å². The van der Waals surface area contributed by atoms with E-state index in [9.17, 15) is 0 Å². The van der Waals surface area contributed by atoms with Crippen molar-refractivity contribution in [1.82, 2.24) is 29.5 Å². The summed E-state index contributed by atoms with van der Waals surface area (Å²) in [5.74, 6) is 10.5. The fourth-order valence-corrected chi connectivity index (χ4v) is 16.3. The minimum atomic E-state index is 0.694. The monoisotopic (exact) mass is 1430 g/mol. The van der Waals surface area contributed by atoms with Gasteiger partial charge in [0, 0.05) is 37.0 Å². The average Bonchev–Trinajstić information content (AvgIpc) is 1.67. The first kappa shape index (κ1) is 92.2. The molecule has 8 unspecified atom stereocenters. The SMILES string of the molecule is CC1=CCC(C)CC1.CC1=CCC(C)CC1.CC1=CCC(C)CC1.CC1=CCC(C)CC1.CC1C=CC(C)CC1.CC1CC(C)C1.CC1CCC(C)CC1.CC1CCCN1C.CN1CCC2(CCCN(C)C2)CC1.Cc1ccc2[nH]c(C)cc2c1.Cc1ccc2c(c1)CCC(C)C2.Cc1cnn(C)c1. The summed E-state index contributed by atoms with van der Waals surface area (Å²) in [4.78, 5) is 10.7. The Bertz CT molecular complexity index is 2900. The summed E-state index contributed by atoms with van der Waals surface area (Å²) in [6.07, 6.45) is 58.2. The van der Waals surface area contributed by atoms with Crippen LogP contribution in [0.5, 0.6) is 0 Å². The van der Waals surface area contributed by atoms with Crippen molar-refractivity contribution in [2.24, 2.45) is 77.6 Å². The van der Waals surface area contributed by atoms with Crippen LogP contribution < -0.4 is 0 Å². The molecule has 2 aromatic heterocycles. The molecule has 6 nitrogen and oxygen atoms in total. The molecule has 0 bridgehead atoms. The maximum Gasteiger partial charge on any atom is 0.0518 e. The number of hydrogen-bond donors (Lipinski definition) is 1. The summed E-state index contributed by atoms with van der Waals surface area (Å²) in [5.41, 5.74) is 16.6. The number of nitrogens with one attached hydrogen (secondary N) is 1. The van der Waals surface area contributed by atoms with Gasteiger partial charge in [-0.2, -0.15) is 5.10 Å². The van der Waals surface area contributed by atoms with Gasteiger partial charge < -0.3 is 19.7 Å². The highest BCUT2D eigenvalue weighted by Crippen LogP contribution is 2.39. The molecule has 5 fully saturated rings. The van der Waals surface area contributed by atoms with E-state index in [1.165, 1.54) is 252 Å². The first-order valence-electron chi connectivity index (χ1n) is 43.3. The van der Waals surface area contributed by atoms with E-state index in [1.54, 1.807) is 38.1 Å². The Morgan fingerprint density at radius 2 is 0.865 bits per heavy atom. The zero-order valence-corrected chi connectivity index (χ0v) is 72.9. The molecule has 3 aliphatic heterocycles. The second kappa shape index (κ2) is 50.5. The molecule has 0 radical (unpaired) electrons. The van der Waals surface area contributed by atoms with Crippen LogP contribution in [-0.2, 0) is 19.9 Å². The number of nitrogens with zero attached hydrogens (tertiary/aromatic N) is 5. The van der Waals surface area contributed by atoms with E-state index in [4.69, 9.17) is 0 Å². The topological polar surface area (TPSA) is 43.3 Å². The lowest BCUT2D eigenvalue weighted by Crippen LogP contribution is -2.47. The van der Waals surface area contributed by atoms with Crippen LogP contribution in [0, 0.1) is 98.2 Å². The molecule has 8 atom stereocenters. The minimum Gasteiger partial charge on any atom is -0.359 e. The number of allylic oxidation sites excluding steroid dienone is 10. The van der Waals surface area contributed by atoms with Gasteiger partial charge in [-0.05, 0) is 381 Å². The molecule has 104 heavy (non-hydrogen) atoms. The maximum atomic E-state index is 3.93. The largest absolute Gasteiger partial charge is 0.359 e. The first-order valence-corrected chi connectivity index (χ1v) is 43.3. The van der Waals surface area contributed by atoms with Crippen molar-refractivity contribution < 1.29 is 0 Å². The molecule has 1 spiro atoms. The number of piperidine rings is 2. The number of H-pyrrole nitrogens is 1. The number of benzene rings is 2. The standard InChI is InChI=1S/C12H16.C11H22N2.C10H11N.C8H16.5C8H14.C6H13N.C6H12.C5H8N2/c1-9-3-5-12-8-10(2)4-6-11(12)7-9;1-12-8-5-11(6-9-12)4-3-7-13(2)10-11;1-7-3-4-10-9(5-7)6-8(2)11-10;6*1-7-3-5-8(2)6-4-7;1-6-4-3-5-7(6)2;1-5-3-6(2)4-5;1-5-3-6-7(2)4-5/h3,5,7,10H,4,6,8H2,1-2H3;3-10H2,1-2H3;3-6,11H,1-2H3;7-8H,3-6H2,1-2H3;4*3,8H,4-6H2,1-2H3;3,5,7-8H,4,6H2,1-2H3;6H,3-5H2,1-2H3;5-6H,3-4H2,1-2H3;3-4H,1-2H3. The van der Waals surface area contributed by atoms with Crippen molar-refractivity contribution in [2.75, 3.05) is 53.9 Å². The molecule has 11 aliphatic rings. The molecule has 8 aliphatic carbocycles. The van der Waals surface area contributed by atoms with Crippen LogP contribution in [0.3, 0.4) is 0 Å². The molecule has 5 heterocycles. The lowest BCUT2D eigenvalue weighted by atomic mass is 9.73. The number of aryl methyl sites for hydroxylation is 6. The van der Waals surface area contributed by atoms with Crippen LogP contribution >= 0.6 is 0 Å². The van der Waals surface area contributed by atoms with E-state index in [0.717, 1.165) is 71.1 Å². The summed E-state index contributed by atoms with van der Waals surface area (Å²) in [7, 11) is 8.63. The van der Waals surface area contributed by atoms with Crippen LogP contribution in [0.2, 0.25) is 0 Å². The van der Waals surface area contributed by atoms with Gasteiger partial charge in [0.1, 0.15) is 0 Å². The van der Waals surface area contributed by atoms with Gasteiger partial charge >= 0.3 is 0 Å². The normalized spacial score (nSPS) is 28.2. The van der Waals surface area contributed by atoms with Crippen molar-refractivity contribution >= 4 is 10.9 Å². The molecular weight excluding hydrogens is 1260 g/mol. The van der Waals surface area contributed by atoms with E-state index in [0.29, 0.717) is 5.41 Å². The van der Waals surface area contributed by atoms with E-state index >= 15 is 0 Å². The molecule has 1 N–H and O–H groups in total. The second-order valence-corrected chi connectivity index (χ2v) is 37.2. The van der Waals surface area contributed by atoms with Crippen molar-refractivity contribution in [1.29, 1.82) is 0 Å². The number of rotatable bonds is 0. The Balaban J connectivity index is 0.000000242. The number of aromatic nitrogens is 3. The Morgan fingerprint density at radius 3 is 1.21 bits per heavy atom. The van der Waals surface area contributed by atoms with Gasteiger partial charge in [0.05, 0.1) is 6.20 Å². The summed E-state index contributed by atoms with van der Waals surface area (Å²) in [6, 6.07) is 16.3. The lowest BCUT2D eigenvalue weighted by Gasteiger charge is -2.46. The van der Waals surface area contributed by atoms with Crippen LogP contribution in [-0.4, -0.2) is 89.4 Å². The predicted octanol–water partition coefficient (Wildman–Crippen LogP) is 27.7. The third-order valence-corrected chi connectivity index (χ3v) is 24.7. The van der Waals surface area contributed by atoms with Crippen molar-refractivity contribution in [3.8, 4) is 0 Å². The van der Waals surface area contributed by atoms with Crippen LogP contribution in [0.1, 0.15) is 318 Å². The number of likely N-dealkylation sites (tertiary alicyclic amines) is 3. The quantitative estimate of drug-likeness (QED) is 0.178. The smallest absolute Gasteiger partial charge is 0.0518 e. The maximum absolute atomic E-state index is 3.93. The fraction of sp³-hybridized carbons (Fsp3) is 0.724. The van der Waals surface area contributed by atoms with E-state index in [2.05, 4.69) is 256 Å². The van der Waals surface area contributed by atoms with Gasteiger partial charge in [0.15, 0.2) is 0 Å². The number of aromatic amines is 1. The van der Waals surface area contributed by atoms with Crippen molar-refractivity contribution in [3.63, 3.8) is 0 Å². The molecule has 0 amide bonds. The zero-order valence-electron chi connectivity index (χ0n) is 72.9. The molecule has 590 valence electrons. The molecule has 3 saturated heterocycles. The third kappa shape index (κ3) is 40.8. The Kier molecular flexibility index (Phi) is 44.7. The van der Waals surface area contributed by atoms with Gasteiger partial charge in [-0.3, -0.25) is 4.68 Å². The zero-order chi connectivity index (χ0) is 76.7. The number of fused-ring (bicyclic) bond motifs is 2. The highest BCUT2D eigenvalue weighted by Gasteiger charge is 2.36. The Hall–Kier alpha value is -4.23. The second-order valence-electron chi connectivity index (χ2n) is 37.2. The highest BCUT2D eigenvalue weighted by molar-refractivity contribution is 5.80. The lowest BCUT2D eigenvalue weighted by molar-refractivity contribution is 0.0425. The summed E-state index contributed by atoms with van der Waals surface area (Å²) < 4.78 is 1.79. The van der Waals surface area contributed by atoms with E-state index in [1.807, 2.05) is 26.4 Å². The average molecular weight is 1430 g/mol. The predicted molar refractivity (Wildman–Crippen MR) is 463 cm³/mol. The summed E-state index contributed by atoms with van der Waals surface area (Å²) in [6.45, 7) is 51.8. The van der Waals surface area contributed by atoms with Crippen LogP contribution in [0.25, 0.3) is 10.9 Å². The Labute approximate surface area is 645 Å². The molecule has 2 aromatic carbocycles. The van der Waals surface area contributed by atoms with E-state index < -0.39 is 0 Å². The van der Waals surface area contributed by atoms with Crippen LogP contribution in [0.4, 0.5) is 0 Å². The molecule has 15 rings (SSSR count). The van der Waals surface area contributed by atoms with Gasteiger partial charge in [0.25, 0.3) is 0 Å². The number of hydrogen-bond acceptors (Lipinski definition) is 4. The summed E-state index contributed by atoms with van der Waals surface area (Å²) in [5, 5.41) is 5.24. The van der Waals surface area contributed by atoms with E-state index in [-0.39, 0.29) is 0 Å². The molecule has 4 aromatic rings. The van der Waals surface area contributed by atoms with Gasteiger partial charge in [-0.25, -0.2) is 0 Å². The van der Waals surface area contributed by atoms with Crippen molar-refractivity contribution in [2.45, 2.75) is 331 Å².